The van der Waals surface area contributed by atoms with Crippen molar-refractivity contribution in [2.24, 2.45) is 11.8 Å². The Bertz CT molecular complexity index is 950. The number of benzene rings is 2. The van der Waals surface area contributed by atoms with E-state index in [1.54, 1.807) is 12.1 Å². The van der Waals surface area contributed by atoms with Gasteiger partial charge in [0.1, 0.15) is 0 Å². The Kier molecular flexibility index (Phi) is 5.31. The highest BCUT2D eigenvalue weighted by molar-refractivity contribution is 5.94. The summed E-state index contributed by atoms with van der Waals surface area (Å²) >= 11 is 0. The van der Waals surface area contributed by atoms with Crippen molar-refractivity contribution in [2.45, 2.75) is 44.2 Å². The van der Waals surface area contributed by atoms with Crippen LogP contribution in [0.3, 0.4) is 0 Å². The molecule has 2 aromatic rings. The monoisotopic (exact) mass is 399 g/mol. The lowest BCUT2D eigenvalue weighted by atomic mass is 9.71. The van der Waals surface area contributed by atoms with Crippen LogP contribution in [0.2, 0.25) is 0 Å². The maximum absolute atomic E-state index is 13.3. The van der Waals surface area contributed by atoms with Gasteiger partial charge in [0, 0.05) is 30.7 Å². The number of piperidine rings is 3. The maximum Gasteiger partial charge on any atom is 0.253 e. The third-order valence-electron chi connectivity index (χ3n) is 7.44. The predicted molar refractivity (Wildman–Crippen MR) is 117 cm³/mol. The lowest BCUT2D eigenvalue weighted by molar-refractivity contribution is -0.0642. The molecule has 1 amide bonds. The number of amides is 1. The van der Waals surface area contributed by atoms with Crippen LogP contribution in [0, 0.1) is 23.2 Å². The quantitative estimate of drug-likeness (QED) is 0.780. The summed E-state index contributed by atoms with van der Waals surface area (Å²) in [5.74, 6) is 1.17. The van der Waals surface area contributed by atoms with Crippen molar-refractivity contribution in [3.8, 4) is 6.07 Å². The van der Waals surface area contributed by atoms with Crippen molar-refractivity contribution in [1.29, 1.82) is 5.26 Å². The number of hydrogen-bond donors (Lipinski definition) is 0. The highest BCUT2D eigenvalue weighted by atomic mass is 16.2. The Labute approximate surface area is 179 Å². The molecule has 2 aromatic carbocycles. The van der Waals surface area contributed by atoms with Gasteiger partial charge in [0.15, 0.2) is 0 Å². The molecule has 0 radical (unpaired) electrons. The standard InChI is InChI=1S/C26H29N3O/c27-16-20-9-6-10-21(13-20)26(30)28-17-22-15-23(18-28)25(14-19-7-2-1-3-8-19)29-12-5-4-11-24(22)29/h1-3,6-10,13,22-25H,4-5,11-12,14-15,17-18H2/t22-,23+,24+,25+/m1/s1. The molecule has 0 aromatic heterocycles. The van der Waals surface area contributed by atoms with Gasteiger partial charge in [-0.1, -0.05) is 42.8 Å². The molecule has 0 unspecified atom stereocenters. The van der Waals surface area contributed by atoms with Gasteiger partial charge in [-0.2, -0.15) is 5.26 Å². The lowest BCUT2D eigenvalue weighted by Gasteiger charge is -2.57. The summed E-state index contributed by atoms with van der Waals surface area (Å²) in [6, 6.07) is 21.3. The molecule has 3 aliphatic heterocycles. The number of hydrogen-bond acceptors (Lipinski definition) is 3. The van der Waals surface area contributed by atoms with E-state index in [1.807, 2.05) is 12.1 Å². The fourth-order valence-corrected chi connectivity index (χ4v) is 6.11. The van der Waals surface area contributed by atoms with E-state index in [1.165, 1.54) is 37.8 Å². The summed E-state index contributed by atoms with van der Waals surface area (Å²) in [6.45, 7) is 2.88. The number of nitriles is 1. The van der Waals surface area contributed by atoms with Crippen LogP contribution in [0.1, 0.15) is 47.2 Å². The fourth-order valence-electron chi connectivity index (χ4n) is 6.11. The zero-order valence-electron chi connectivity index (χ0n) is 17.4. The van der Waals surface area contributed by atoms with Gasteiger partial charge in [0.05, 0.1) is 11.6 Å². The average molecular weight is 400 g/mol. The van der Waals surface area contributed by atoms with Crippen molar-refractivity contribution in [3.05, 3.63) is 71.3 Å². The van der Waals surface area contributed by atoms with Gasteiger partial charge < -0.3 is 4.90 Å². The van der Waals surface area contributed by atoms with Crippen LogP contribution >= 0.6 is 0 Å². The minimum atomic E-state index is 0.0875. The zero-order valence-corrected chi connectivity index (χ0v) is 17.4. The number of likely N-dealkylation sites (tertiary alicyclic amines) is 1. The van der Waals surface area contributed by atoms with Crippen molar-refractivity contribution >= 4 is 5.91 Å². The van der Waals surface area contributed by atoms with Gasteiger partial charge in [-0.3, -0.25) is 9.69 Å². The van der Waals surface area contributed by atoms with Crippen LogP contribution in [0.25, 0.3) is 0 Å². The molecule has 30 heavy (non-hydrogen) atoms. The Balaban J connectivity index is 1.41. The number of carbonyl (C=O) groups is 1. The molecule has 3 fully saturated rings. The highest BCUT2D eigenvalue weighted by Crippen LogP contribution is 2.42. The van der Waals surface area contributed by atoms with Crippen molar-refractivity contribution < 1.29 is 4.79 Å². The van der Waals surface area contributed by atoms with Crippen LogP contribution in [-0.4, -0.2) is 47.4 Å². The van der Waals surface area contributed by atoms with Gasteiger partial charge in [-0.25, -0.2) is 0 Å². The first-order valence-corrected chi connectivity index (χ1v) is 11.3. The molecular formula is C26H29N3O. The summed E-state index contributed by atoms with van der Waals surface area (Å²) in [5, 5.41) is 9.21. The molecule has 0 N–H and O–H groups in total. The van der Waals surface area contributed by atoms with Crippen LogP contribution in [0.5, 0.6) is 0 Å². The molecule has 4 nitrogen and oxygen atoms in total. The predicted octanol–water partition coefficient (Wildman–Crippen LogP) is 4.12. The summed E-state index contributed by atoms with van der Waals surface area (Å²) in [5.41, 5.74) is 2.60. The molecule has 4 atom stereocenters. The lowest BCUT2D eigenvalue weighted by Crippen LogP contribution is -2.64. The summed E-state index contributed by atoms with van der Waals surface area (Å²) in [4.78, 5) is 18.2. The molecule has 2 bridgehead atoms. The molecule has 0 spiro atoms. The molecule has 154 valence electrons. The average Bonchev–Trinajstić information content (AvgIpc) is 2.82. The Morgan fingerprint density at radius 3 is 2.70 bits per heavy atom. The van der Waals surface area contributed by atoms with Gasteiger partial charge in [-0.05, 0) is 67.8 Å². The van der Waals surface area contributed by atoms with Crippen LogP contribution in [0.15, 0.2) is 54.6 Å². The molecular weight excluding hydrogens is 370 g/mol. The number of fused-ring (bicyclic) bond motifs is 4. The summed E-state index contributed by atoms with van der Waals surface area (Å²) < 4.78 is 0. The fraction of sp³-hybridized carbons (Fsp3) is 0.462. The smallest absolute Gasteiger partial charge is 0.253 e. The first-order valence-electron chi connectivity index (χ1n) is 11.3. The van der Waals surface area contributed by atoms with Gasteiger partial charge in [-0.15, -0.1) is 0 Å². The Morgan fingerprint density at radius 2 is 1.87 bits per heavy atom. The normalized spacial score (nSPS) is 28.4. The topological polar surface area (TPSA) is 47.3 Å². The van der Waals surface area contributed by atoms with E-state index in [-0.39, 0.29) is 5.91 Å². The molecule has 3 heterocycles. The first kappa shape index (κ1) is 19.3. The van der Waals surface area contributed by atoms with Crippen molar-refractivity contribution in [1.82, 2.24) is 9.80 Å². The molecule has 5 rings (SSSR count). The van der Waals surface area contributed by atoms with Crippen molar-refractivity contribution in [2.75, 3.05) is 19.6 Å². The van der Waals surface area contributed by atoms with Crippen molar-refractivity contribution in [3.63, 3.8) is 0 Å². The summed E-state index contributed by atoms with van der Waals surface area (Å²) in [6.07, 6.45) is 6.17. The van der Waals surface area contributed by atoms with E-state index < -0.39 is 0 Å². The van der Waals surface area contributed by atoms with Crippen LogP contribution in [0.4, 0.5) is 0 Å². The van der Waals surface area contributed by atoms with E-state index in [0.29, 0.717) is 35.0 Å². The maximum atomic E-state index is 13.3. The Hall–Kier alpha value is -2.64. The second-order valence-electron chi connectivity index (χ2n) is 9.22. The Morgan fingerprint density at radius 1 is 1.03 bits per heavy atom. The third-order valence-corrected chi connectivity index (χ3v) is 7.44. The van der Waals surface area contributed by atoms with E-state index in [4.69, 9.17) is 0 Å². The number of carbonyl (C=O) groups excluding carboxylic acids is 1. The van der Waals surface area contributed by atoms with E-state index >= 15 is 0 Å². The van der Waals surface area contributed by atoms with E-state index in [0.717, 1.165) is 19.5 Å². The number of nitrogens with zero attached hydrogens (tertiary/aromatic N) is 3. The molecule has 0 aliphatic carbocycles. The second-order valence-corrected chi connectivity index (χ2v) is 9.22. The molecule has 4 heteroatoms. The minimum absolute atomic E-state index is 0.0875. The van der Waals surface area contributed by atoms with Gasteiger partial charge in [0.25, 0.3) is 5.91 Å². The largest absolute Gasteiger partial charge is 0.338 e. The molecule has 3 aliphatic rings. The zero-order chi connectivity index (χ0) is 20.5. The molecule has 0 saturated carbocycles. The van der Waals surface area contributed by atoms with Gasteiger partial charge >= 0.3 is 0 Å². The SMILES string of the molecule is N#Cc1cccc(C(=O)N2C[C@H]3C[C@@H](C2)[C@H](Cc2ccccc2)N2CCCC[C@@H]32)c1. The first-order chi connectivity index (χ1) is 14.7. The minimum Gasteiger partial charge on any atom is -0.338 e. The third kappa shape index (κ3) is 3.63. The van der Waals surface area contributed by atoms with Gasteiger partial charge in [0.2, 0.25) is 0 Å². The van der Waals surface area contributed by atoms with Crippen LogP contribution in [-0.2, 0) is 6.42 Å². The highest BCUT2D eigenvalue weighted by Gasteiger charge is 2.47. The van der Waals surface area contributed by atoms with Crippen LogP contribution < -0.4 is 0 Å². The second kappa shape index (κ2) is 8.24. The van der Waals surface area contributed by atoms with E-state index in [2.05, 4.69) is 46.2 Å². The van der Waals surface area contributed by atoms with E-state index in [9.17, 15) is 10.1 Å². The number of rotatable bonds is 3. The molecule has 3 saturated heterocycles. The summed E-state index contributed by atoms with van der Waals surface area (Å²) in [7, 11) is 0.